The Bertz CT molecular complexity index is 417. The molecule has 0 saturated carbocycles. The lowest BCUT2D eigenvalue weighted by atomic mass is 10.2. The average Bonchev–Trinajstić information content (AvgIpc) is 2.39. The number of nitrogens with zero attached hydrogens (tertiary/aromatic N) is 3. The first-order valence-corrected chi connectivity index (χ1v) is 5.11. The Hall–Kier alpha value is -1.91. The van der Waals surface area contributed by atoms with Crippen LogP contribution in [0.3, 0.4) is 0 Å². The number of hydrogen-bond donors (Lipinski definition) is 0. The van der Waals surface area contributed by atoms with Crippen molar-refractivity contribution in [3.8, 4) is 0 Å². The molecule has 84 valence electrons. The molecular weight excluding hydrogens is 206 g/mol. The van der Waals surface area contributed by atoms with Crippen LogP contribution < -0.4 is 4.90 Å². The van der Waals surface area contributed by atoms with E-state index in [0.717, 1.165) is 19.5 Å². The van der Waals surface area contributed by atoms with Crippen molar-refractivity contribution in [1.29, 1.82) is 0 Å². The second kappa shape index (κ2) is 4.74. The maximum absolute atomic E-state index is 11.3. The number of anilines is 1. The Morgan fingerprint density at radius 2 is 2.31 bits per heavy atom. The minimum atomic E-state index is -0.457. The maximum atomic E-state index is 11.3. The number of rotatable bonds is 2. The second-order valence-electron chi connectivity index (χ2n) is 3.46. The van der Waals surface area contributed by atoms with Crippen molar-refractivity contribution in [2.45, 2.75) is 6.42 Å². The minimum absolute atomic E-state index is 0.245. The molecule has 0 bridgehead atoms. The summed E-state index contributed by atoms with van der Waals surface area (Å²) in [5.41, 5.74) is 0.245. The zero-order valence-electron chi connectivity index (χ0n) is 9.09. The highest BCUT2D eigenvalue weighted by molar-refractivity contribution is 5.87. The van der Waals surface area contributed by atoms with Crippen molar-refractivity contribution in [2.75, 3.05) is 25.1 Å². The summed E-state index contributed by atoms with van der Waals surface area (Å²) in [4.78, 5) is 21.6. The van der Waals surface area contributed by atoms with E-state index < -0.39 is 5.97 Å². The third kappa shape index (κ3) is 2.18. The molecule has 1 aromatic rings. The lowest BCUT2D eigenvalue weighted by molar-refractivity contribution is 0.0593. The molecule has 0 saturated heterocycles. The Labute approximate surface area is 93.8 Å². The highest BCUT2D eigenvalue weighted by Gasteiger charge is 2.13. The Kier molecular flexibility index (Phi) is 3.14. The third-order valence-corrected chi connectivity index (χ3v) is 2.40. The summed E-state index contributed by atoms with van der Waals surface area (Å²) in [5.74, 6) is 0.258. The van der Waals surface area contributed by atoms with Crippen LogP contribution >= 0.6 is 0 Å². The van der Waals surface area contributed by atoms with Crippen LogP contribution in [-0.4, -0.2) is 36.1 Å². The summed E-state index contributed by atoms with van der Waals surface area (Å²) in [6.45, 7) is 1.70. The largest absolute Gasteiger partial charge is 0.464 e. The van der Waals surface area contributed by atoms with Crippen LogP contribution in [0, 0.1) is 0 Å². The zero-order valence-corrected chi connectivity index (χ0v) is 9.09. The summed E-state index contributed by atoms with van der Waals surface area (Å²) in [6.07, 6.45) is 8.27. The molecule has 16 heavy (non-hydrogen) atoms. The van der Waals surface area contributed by atoms with Crippen LogP contribution in [0.1, 0.15) is 16.9 Å². The summed E-state index contributed by atoms with van der Waals surface area (Å²) >= 11 is 0. The number of aromatic nitrogens is 2. The van der Waals surface area contributed by atoms with Crippen molar-refractivity contribution in [3.05, 3.63) is 30.2 Å². The van der Waals surface area contributed by atoms with Crippen LogP contribution in [0.25, 0.3) is 0 Å². The van der Waals surface area contributed by atoms with Crippen molar-refractivity contribution in [3.63, 3.8) is 0 Å². The van der Waals surface area contributed by atoms with Gasteiger partial charge in [0.15, 0.2) is 5.69 Å². The fourth-order valence-corrected chi connectivity index (χ4v) is 1.56. The summed E-state index contributed by atoms with van der Waals surface area (Å²) < 4.78 is 4.60. The molecule has 2 rings (SSSR count). The first-order valence-electron chi connectivity index (χ1n) is 5.11. The second-order valence-corrected chi connectivity index (χ2v) is 3.46. The van der Waals surface area contributed by atoms with Crippen molar-refractivity contribution < 1.29 is 9.53 Å². The van der Waals surface area contributed by atoms with Gasteiger partial charge in [0.05, 0.1) is 19.5 Å². The van der Waals surface area contributed by atoms with Crippen LogP contribution in [0.5, 0.6) is 0 Å². The van der Waals surface area contributed by atoms with Crippen LogP contribution in [0.4, 0.5) is 5.82 Å². The van der Waals surface area contributed by atoms with Gasteiger partial charge in [0.1, 0.15) is 5.82 Å². The predicted molar refractivity (Wildman–Crippen MR) is 59.3 cm³/mol. The highest BCUT2D eigenvalue weighted by Crippen LogP contribution is 2.13. The monoisotopic (exact) mass is 219 g/mol. The molecule has 0 aromatic carbocycles. The number of methoxy groups -OCH3 is 1. The zero-order chi connectivity index (χ0) is 11.4. The summed E-state index contributed by atoms with van der Waals surface area (Å²) in [5, 5.41) is 0. The van der Waals surface area contributed by atoms with Crippen molar-refractivity contribution in [2.24, 2.45) is 0 Å². The van der Waals surface area contributed by atoms with E-state index in [-0.39, 0.29) is 5.69 Å². The van der Waals surface area contributed by atoms with Gasteiger partial charge >= 0.3 is 5.97 Å². The fourth-order valence-electron chi connectivity index (χ4n) is 1.56. The number of hydrogen-bond acceptors (Lipinski definition) is 5. The van der Waals surface area contributed by atoms with E-state index in [1.165, 1.54) is 13.3 Å². The predicted octanol–water partition coefficient (Wildman–Crippen LogP) is 1.03. The fraction of sp³-hybridized carbons (Fsp3) is 0.364. The van der Waals surface area contributed by atoms with E-state index in [9.17, 15) is 4.79 Å². The summed E-state index contributed by atoms with van der Waals surface area (Å²) in [7, 11) is 1.33. The number of carbonyl (C=O) groups excluding carboxylic acids is 1. The first kappa shape index (κ1) is 10.6. The summed E-state index contributed by atoms with van der Waals surface area (Å²) in [6, 6.07) is 0. The van der Waals surface area contributed by atoms with Gasteiger partial charge in [-0.15, -0.1) is 0 Å². The Morgan fingerprint density at radius 1 is 1.44 bits per heavy atom. The molecule has 1 aromatic heterocycles. The standard InChI is InChI=1S/C11H13N3O2/c1-16-11(15)9-7-12-8-10(13-9)14-5-3-2-4-6-14/h2-3,7-8H,4-6H2,1H3. The van der Waals surface area contributed by atoms with Gasteiger partial charge in [0.25, 0.3) is 0 Å². The van der Waals surface area contributed by atoms with Crippen molar-refractivity contribution >= 4 is 11.8 Å². The van der Waals surface area contributed by atoms with E-state index in [1.807, 2.05) is 0 Å². The lowest BCUT2D eigenvalue weighted by Crippen LogP contribution is -2.28. The topological polar surface area (TPSA) is 55.3 Å². The molecule has 0 amide bonds. The third-order valence-electron chi connectivity index (χ3n) is 2.40. The average molecular weight is 219 g/mol. The molecule has 2 heterocycles. The highest BCUT2D eigenvalue weighted by atomic mass is 16.5. The van der Waals surface area contributed by atoms with Crippen LogP contribution in [0.2, 0.25) is 0 Å². The van der Waals surface area contributed by atoms with E-state index in [0.29, 0.717) is 5.82 Å². The Balaban J connectivity index is 2.21. The van der Waals surface area contributed by atoms with Gasteiger partial charge in [-0.2, -0.15) is 0 Å². The minimum Gasteiger partial charge on any atom is -0.464 e. The molecule has 0 unspecified atom stereocenters. The molecule has 1 aliphatic rings. The Morgan fingerprint density at radius 3 is 3.00 bits per heavy atom. The first-order chi connectivity index (χ1) is 7.81. The molecule has 0 aliphatic carbocycles. The quantitative estimate of drug-likeness (QED) is 0.549. The van der Waals surface area contributed by atoms with E-state index in [4.69, 9.17) is 0 Å². The molecular formula is C11H13N3O2. The molecule has 0 spiro atoms. The smallest absolute Gasteiger partial charge is 0.358 e. The molecule has 0 atom stereocenters. The van der Waals surface area contributed by atoms with Gasteiger partial charge in [-0.1, -0.05) is 12.2 Å². The number of ether oxygens (including phenoxy) is 1. The number of esters is 1. The maximum Gasteiger partial charge on any atom is 0.358 e. The van der Waals surface area contributed by atoms with Gasteiger partial charge in [-0.05, 0) is 6.42 Å². The van der Waals surface area contributed by atoms with E-state index in [2.05, 4.69) is 31.8 Å². The molecule has 1 aliphatic heterocycles. The van der Waals surface area contributed by atoms with Crippen LogP contribution in [0.15, 0.2) is 24.5 Å². The van der Waals surface area contributed by atoms with Crippen LogP contribution in [-0.2, 0) is 4.74 Å². The van der Waals surface area contributed by atoms with E-state index >= 15 is 0 Å². The number of carbonyl (C=O) groups is 1. The van der Waals surface area contributed by atoms with Gasteiger partial charge in [-0.3, -0.25) is 4.98 Å². The molecule has 5 heteroatoms. The molecule has 0 radical (unpaired) electrons. The molecule has 0 fully saturated rings. The lowest BCUT2D eigenvalue weighted by Gasteiger charge is -2.24. The van der Waals surface area contributed by atoms with Gasteiger partial charge in [-0.25, -0.2) is 9.78 Å². The molecule has 5 nitrogen and oxygen atoms in total. The van der Waals surface area contributed by atoms with Crippen molar-refractivity contribution in [1.82, 2.24) is 9.97 Å². The van der Waals surface area contributed by atoms with Gasteiger partial charge in [0, 0.05) is 13.1 Å². The SMILES string of the molecule is COC(=O)c1cncc(N2CC=CCC2)n1. The van der Waals surface area contributed by atoms with Gasteiger partial charge < -0.3 is 9.64 Å². The molecule has 0 N–H and O–H groups in total. The van der Waals surface area contributed by atoms with Gasteiger partial charge in [0.2, 0.25) is 0 Å². The van der Waals surface area contributed by atoms with E-state index in [1.54, 1.807) is 6.20 Å². The normalized spacial score (nSPS) is 14.9.